The van der Waals surface area contributed by atoms with E-state index in [0.717, 1.165) is 11.4 Å². The van der Waals surface area contributed by atoms with Crippen molar-refractivity contribution in [1.29, 1.82) is 0 Å². The summed E-state index contributed by atoms with van der Waals surface area (Å²) in [5.74, 6) is -0.993. The van der Waals surface area contributed by atoms with E-state index >= 15 is 0 Å². The lowest BCUT2D eigenvalue weighted by molar-refractivity contribution is -0.135. The van der Waals surface area contributed by atoms with Crippen molar-refractivity contribution in [3.05, 3.63) is 46.4 Å². The molecule has 2 aromatic rings. The summed E-state index contributed by atoms with van der Waals surface area (Å²) >= 11 is 1.43. The Morgan fingerprint density at radius 1 is 1.27 bits per heavy atom. The molecule has 1 aromatic heterocycles. The number of hydrogen-bond donors (Lipinski definition) is 1. The number of nitrogens with zero attached hydrogens (tertiary/aromatic N) is 2. The molecule has 0 spiro atoms. The molecular weight excluding hydrogens is 300 g/mol. The summed E-state index contributed by atoms with van der Waals surface area (Å²) in [4.78, 5) is 29.2. The van der Waals surface area contributed by atoms with Crippen molar-refractivity contribution in [1.82, 2.24) is 4.98 Å². The van der Waals surface area contributed by atoms with Gasteiger partial charge in [0.25, 0.3) is 5.91 Å². The van der Waals surface area contributed by atoms with Gasteiger partial charge in [0.1, 0.15) is 12.2 Å². The van der Waals surface area contributed by atoms with Gasteiger partial charge in [-0.3, -0.25) is 14.5 Å². The Morgan fingerprint density at radius 3 is 2.55 bits per heavy atom. The lowest BCUT2D eigenvalue weighted by Gasteiger charge is -2.19. The molecule has 0 bridgehead atoms. The van der Waals surface area contributed by atoms with Gasteiger partial charge in [-0.1, -0.05) is 32.0 Å². The lowest BCUT2D eigenvalue weighted by Crippen LogP contribution is -2.35. The van der Waals surface area contributed by atoms with Gasteiger partial charge in [0.05, 0.1) is 5.01 Å². The molecule has 0 unspecified atom stereocenters. The highest BCUT2D eigenvalue weighted by molar-refractivity contribution is 7.09. The molecule has 5 nitrogen and oxygen atoms in total. The smallest absolute Gasteiger partial charge is 0.323 e. The molecule has 1 aromatic carbocycles. The number of anilines is 1. The number of carboxylic acid groups (broad SMARTS) is 1. The van der Waals surface area contributed by atoms with E-state index < -0.39 is 5.97 Å². The highest BCUT2D eigenvalue weighted by atomic mass is 32.1. The van der Waals surface area contributed by atoms with Crippen LogP contribution < -0.4 is 4.90 Å². The molecule has 22 heavy (non-hydrogen) atoms. The lowest BCUT2D eigenvalue weighted by atomic mass is 10.1. The first-order chi connectivity index (χ1) is 10.5. The SMILES string of the molecule is CC(C)Cc1nc(C(=O)N(CC(=O)O)c2ccccc2)cs1. The van der Waals surface area contributed by atoms with Gasteiger partial charge in [-0.15, -0.1) is 11.3 Å². The topological polar surface area (TPSA) is 70.5 Å². The van der Waals surface area contributed by atoms with Crippen LogP contribution >= 0.6 is 11.3 Å². The van der Waals surface area contributed by atoms with Crippen LogP contribution in [0.2, 0.25) is 0 Å². The van der Waals surface area contributed by atoms with E-state index in [9.17, 15) is 9.59 Å². The molecule has 0 saturated heterocycles. The monoisotopic (exact) mass is 318 g/mol. The molecule has 0 saturated carbocycles. The van der Waals surface area contributed by atoms with E-state index in [1.807, 2.05) is 6.07 Å². The summed E-state index contributed by atoms with van der Waals surface area (Å²) < 4.78 is 0. The van der Waals surface area contributed by atoms with E-state index in [1.54, 1.807) is 29.6 Å². The molecule has 0 radical (unpaired) electrons. The highest BCUT2D eigenvalue weighted by Gasteiger charge is 2.22. The Bertz CT molecular complexity index is 652. The third kappa shape index (κ3) is 4.14. The first kappa shape index (κ1) is 16.2. The molecule has 0 aliphatic heterocycles. The maximum Gasteiger partial charge on any atom is 0.323 e. The molecule has 116 valence electrons. The van der Waals surface area contributed by atoms with Gasteiger partial charge in [0, 0.05) is 17.5 Å². The second-order valence-electron chi connectivity index (χ2n) is 5.35. The Kier molecular flexibility index (Phi) is 5.27. The molecular formula is C16H18N2O3S. The Hall–Kier alpha value is -2.21. The maximum atomic E-state index is 12.6. The van der Waals surface area contributed by atoms with Crippen molar-refractivity contribution in [2.45, 2.75) is 20.3 Å². The number of hydrogen-bond acceptors (Lipinski definition) is 4. The first-order valence-electron chi connectivity index (χ1n) is 7.00. The largest absolute Gasteiger partial charge is 0.480 e. The second kappa shape index (κ2) is 7.17. The molecule has 1 amide bonds. The summed E-state index contributed by atoms with van der Waals surface area (Å²) in [5, 5.41) is 11.6. The van der Waals surface area contributed by atoms with Crippen LogP contribution in [0.4, 0.5) is 5.69 Å². The summed E-state index contributed by atoms with van der Waals surface area (Å²) in [6, 6.07) is 8.77. The molecule has 2 rings (SSSR count). The minimum absolute atomic E-state index is 0.297. The maximum absolute atomic E-state index is 12.6. The number of carbonyl (C=O) groups is 2. The van der Waals surface area contributed by atoms with E-state index in [2.05, 4.69) is 18.8 Å². The van der Waals surface area contributed by atoms with E-state index in [4.69, 9.17) is 5.11 Å². The van der Waals surface area contributed by atoms with Crippen molar-refractivity contribution in [2.75, 3.05) is 11.4 Å². The minimum atomic E-state index is -1.06. The van der Waals surface area contributed by atoms with Crippen LogP contribution in [0.3, 0.4) is 0 Å². The second-order valence-corrected chi connectivity index (χ2v) is 6.29. The van der Waals surface area contributed by atoms with Crippen molar-refractivity contribution in [3.63, 3.8) is 0 Å². The van der Waals surface area contributed by atoms with Gasteiger partial charge in [0.15, 0.2) is 0 Å². The van der Waals surface area contributed by atoms with Crippen LogP contribution in [-0.2, 0) is 11.2 Å². The van der Waals surface area contributed by atoms with Gasteiger partial charge in [-0.05, 0) is 18.1 Å². The Balaban J connectivity index is 2.25. The first-order valence-corrected chi connectivity index (χ1v) is 7.88. The third-order valence-electron chi connectivity index (χ3n) is 2.96. The third-order valence-corrected chi connectivity index (χ3v) is 3.83. The fourth-order valence-corrected chi connectivity index (χ4v) is 3.00. The van der Waals surface area contributed by atoms with Crippen LogP contribution in [0, 0.1) is 5.92 Å². The predicted octanol–water partition coefficient (Wildman–Crippen LogP) is 3.07. The number of amides is 1. The molecule has 0 fully saturated rings. The zero-order chi connectivity index (χ0) is 16.1. The molecule has 6 heteroatoms. The summed E-state index contributed by atoms with van der Waals surface area (Å²) in [7, 11) is 0. The van der Waals surface area contributed by atoms with Crippen LogP contribution in [0.15, 0.2) is 35.7 Å². The summed E-state index contributed by atoms with van der Waals surface area (Å²) in [5.41, 5.74) is 0.846. The standard InChI is InChI=1S/C16H18N2O3S/c1-11(2)8-14-17-13(10-22-14)16(21)18(9-15(19)20)12-6-4-3-5-7-12/h3-7,10-11H,8-9H2,1-2H3,(H,19,20). The van der Waals surface area contributed by atoms with E-state index in [-0.39, 0.29) is 12.5 Å². The average Bonchev–Trinajstić information content (AvgIpc) is 2.92. The van der Waals surface area contributed by atoms with Crippen molar-refractivity contribution in [2.24, 2.45) is 5.92 Å². The fourth-order valence-electron chi connectivity index (χ4n) is 2.01. The summed E-state index contributed by atoms with van der Waals surface area (Å²) in [6.45, 7) is 3.78. The minimum Gasteiger partial charge on any atom is -0.480 e. The van der Waals surface area contributed by atoms with Crippen LogP contribution in [0.25, 0.3) is 0 Å². The Labute approximate surface area is 133 Å². The van der Waals surface area contributed by atoms with Crippen molar-refractivity contribution < 1.29 is 14.7 Å². The fraction of sp³-hybridized carbons (Fsp3) is 0.312. The number of aliphatic carboxylic acids is 1. The average molecular weight is 318 g/mol. The number of carboxylic acids is 1. The van der Waals surface area contributed by atoms with Crippen molar-refractivity contribution in [3.8, 4) is 0 Å². The normalized spacial score (nSPS) is 10.7. The zero-order valence-corrected chi connectivity index (χ0v) is 13.3. The molecule has 1 heterocycles. The zero-order valence-electron chi connectivity index (χ0n) is 12.5. The predicted molar refractivity (Wildman–Crippen MR) is 86.4 cm³/mol. The van der Waals surface area contributed by atoms with Crippen LogP contribution in [0.5, 0.6) is 0 Å². The number of benzene rings is 1. The molecule has 0 aliphatic rings. The number of thiazole rings is 1. The van der Waals surface area contributed by atoms with Crippen molar-refractivity contribution >= 4 is 28.9 Å². The van der Waals surface area contributed by atoms with Gasteiger partial charge >= 0.3 is 5.97 Å². The number of rotatable bonds is 6. The molecule has 0 aliphatic carbocycles. The quantitative estimate of drug-likeness (QED) is 0.888. The van der Waals surface area contributed by atoms with Gasteiger partial charge in [-0.25, -0.2) is 4.98 Å². The number of aromatic nitrogens is 1. The van der Waals surface area contributed by atoms with Gasteiger partial charge in [0.2, 0.25) is 0 Å². The number of para-hydroxylation sites is 1. The van der Waals surface area contributed by atoms with Crippen LogP contribution in [0.1, 0.15) is 29.3 Å². The van der Waals surface area contributed by atoms with E-state index in [0.29, 0.717) is 17.3 Å². The Morgan fingerprint density at radius 2 is 1.95 bits per heavy atom. The van der Waals surface area contributed by atoms with E-state index in [1.165, 1.54) is 16.2 Å². The number of carbonyl (C=O) groups excluding carboxylic acids is 1. The molecule has 1 N–H and O–H groups in total. The molecule has 0 atom stereocenters. The van der Waals surface area contributed by atoms with Crippen LogP contribution in [-0.4, -0.2) is 28.5 Å². The highest BCUT2D eigenvalue weighted by Crippen LogP contribution is 2.19. The van der Waals surface area contributed by atoms with Gasteiger partial charge in [-0.2, -0.15) is 0 Å². The van der Waals surface area contributed by atoms with Gasteiger partial charge < -0.3 is 5.11 Å². The summed E-state index contributed by atoms with van der Waals surface area (Å²) in [6.07, 6.45) is 0.808.